The van der Waals surface area contributed by atoms with Gasteiger partial charge >= 0.3 is 0 Å². The number of aliphatic hydroxyl groups is 1. The molecule has 1 amide bonds. The lowest BCUT2D eigenvalue weighted by molar-refractivity contribution is -0.119. The molecule has 2 aliphatic rings. The number of nitrogens with one attached hydrogen (secondary N) is 1. The molecule has 4 rings (SSSR count). The summed E-state index contributed by atoms with van der Waals surface area (Å²) in [6.45, 7) is 5.12. The molecule has 2 N–H and O–H groups in total. The Hall–Kier alpha value is -2.77. The monoisotopic (exact) mass is 425 g/mol. The number of para-hydroxylation sites is 1. The van der Waals surface area contributed by atoms with Crippen molar-refractivity contribution in [2.75, 3.05) is 57.9 Å². The van der Waals surface area contributed by atoms with Crippen molar-refractivity contribution in [2.45, 2.75) is 18.4 Å². The van der Waals surface area contributed by atoms with Gasteiger partial charge in [0, 0.05) is 57.3 Å². The fraction of sp³-hybridized carbons (Fsp3) is 0.458. The molecule has 2 aliphatic heterocycles. The van der Waals surface area contributed by atoms with E-state index in [0.29, 0.717) is 31.0 Å². The summed E-state index contributed by atoms with van der Waals surface area (Å²) < 4.78 is 11.3. The third-order valence-corrected chi connectivity index (χ3v) is 6.03. The molecule has 31 heavy (non-hydrogen) atoms. The number of aliphatic hydroxyl groups excluding tert-OH is 1. The molecule has 2 unspecified atom stereocenters. The van der Waals surface area contributed by atoms with Crippen LogP contribution in [0.2, 0.25) is 0 Å². The molecule has 2 atom stereocenters. The number of nitrogens with zero attached hydrogens (tertiary/aromatic N) is 2. The Bertz CT molecular complexity index is 868. The largest absolute Gasteiger partial charge is 0.493 e. The number of ether oxygens (including phenoxy) is 2. The minimum absolute atomic E-state index is 0.0751. The van der Waals surface area contributed by atoms with Crippen molar-refractivity contribution in [1.82, 2.24) is 10.2 Å². The lowest BCUT2D eigenvalue weighted by Crippen LogP contribution is -2.49. The molecule has 0 bridgehead atoms. The van der Waals surface area contributed by atoms with Crippen LogP contribution in [-0.4, -0.2) is 75.0 Å². The van der Waals surface area contributed by atoms with Crippen LogP contribution in [0.1, 0.15) is 17.9 Å². The average molecular weight is 426 g/mol. The van der Waals surface area contributed by atoms with Crippen molar-refractivity contribution in [2.24, 2.45) is 0 Å². The molecule has 0 saturated carbocycles. The maximum atomic E-state index is 11.5. The zero-order valence-electron chi connectivity index (χ0n) is 18.0. The van der Waals surface area contributed by atoms with E-state index in [9.17, 15) is 9.90 Å². The second-order valence-electron chi connectivity index (χ2n) is 8.20. The molecular formula is C24H31N3O4. The number of anilines is 1. The molecule has 166 valence electrons. The molecule has 2 aromatic carbocycles. The number of methoxy groups -OCH3 is 1. The minimum Gasteiger partial charge on any atom is -0.493 e. The maximum absolute atomic E-state index is 11.5. The van der Waals surface area contributed by atoms with Crippen molar-refractivity contribution in [3.63, 3.8) is 0 Å². The Morgan fingerprint density at radius 1 is 1.10 bits per heavy atom. The topological polar surface area (TPSA) is 74.3 Å². The summed E-state index contributed by atoms with van der Waals surface area (Å²) in [7, 11) is 1.60. The van der Waals surface area contributed by atoms with Gasteiger partial charge in [-0.1, -0.05) is 24.3 Å². The van der Waals surface area contributed by atoms with Crippen molar-refractivity contribution >= 4 is 11.6 Å². The second-order valence-corrected chi connectivity index (χ2v) is 8.20. The van der Waals surface area contributed by atoms with E-state index < -0.39 is 6.10 Å². The molecule has 0 radical (unpaired) electrons. The Morgan fingerprint density at radius 2 is 1.87 bits per heavy atom. The average Bonchev–Trinajstić information content (AvgIpc) is 3.25. The lowest BCUT2D eigenvalue weighted by atomic mass is 9.98. The first kappa shape index (κ1) is 21.5. The first-order chi connectivity index (χ1) is 15.1. The Labute approximate surface area is 183 Å². The highest BCUT2D eigenvalue weighted by Gasteiger charge is 2.24. The van der Waals surface area contributed by atoms with Crippen LogP contribution in [0.4, 0.5) is 5.69 Å². The summed E-state index contributed by atoms with van der Waals surface area (Å²) in [5, 5.41) is 13.4. The number of hydrogen-bond donors (Lipinski definition) is 2. The van der Waals surface area contributed by atoms with E-state index in [1.165, 1.54) is 5.69 Å². The van der Waals surface area contributed by atoms with E-state index in [2.05, 4.69) is 39.4 Å². The number of piperazine rings is 1. The van der Waals surface area contributed by atoms with Crippen molar-refractivity contribution in [1.29, 1.82) is 0 Å². The van der Waals surface area contributed by atoms with Crippen LogP contribution in [0.5, 0.6) is 11.5 Å². The number of hydrogen-bond acceptors (Lipinski definition) is 6. The van der Waals surface area contributed by atoms with Gasteiger partial charge < -0.3 is 24.8 Å². The summed E-state index contributed by atoms with van der Waals surface area (Å²) in [6, 6.07) is 16.2. The zero-order valence-corrected chi connectivity index (χ0v) is 18.0. The number of β-amino-alcohol motifs (C(OH)–C–C–N with tert-alkyl or cyclic N) is 1. The highest BCUT2D eigenvalue weighted by Crippen LogP contribution is 2.33. The van der Waals surface area contributed by atoms with Gasteiger partial charge in [0.05, 0.1) is 7.11 Å². The summed E-state index contributed by atoms with van der Waals surface area (Å²) in [4.78, 5) is 16.2. The van der Waals surface area contributed by atoms with Crippen LogP contribution >= 0.6 is 0 Å². The molecule has 0 spiro atoms. The molecule has 7 heteroatoms. The van der Waals surface area contributed by atoms with Gasteiger partial charge in [0.1, 0.15) is 12.7 Å². The Morgan fingerprint density at radius 3 is 2.55 bits per heavy atom. The number of amides is 1. The molecule has 7 nitrogen and oxygen atoms in total. The summed E-state index contributed by atoms with van der Waals surface area (Å²) in [5.74, 6) is 1.45. The van der Waals surface area contributed by atoms with Crippen LogP contribution in [0, 0.1) is 0 Å². The van der Waals surface area contributed by atoms with E-state index in [-0.39, 0.29) is 18.4 Å². The molecule has 0 aromatic heterocycles. The number of rotatable bonds is 8. The van der Waals surface area contributed by atoms with E-state index >= 15 is 0 Å². The van der Waals surface area contributed by atoms with E-state index in [4.69, 9.17) is 9.47 Å². The summed E-state index contributed by atoms with van der Waals surface area (Å²) >= 11 is 0. The Balaban J connectivity index is 1.28. The molecule has 2 saturated heterocycles. The van der Waals surface area contributed by atoms with Crippen LogP contribution in [0.25, 0.3) is 0 Å². The standard InChI is InChI=1S/C24H31N3O4/c1-30-22-8-7-18(19-14-24(29)25-15-19)13-23(22)31-17-21(28)16-26-9-11-27(12-10-26)20-5-3-2-4-6-20/h2-8,13,19,21,28H,9-12,14-17H2,1H3,(H,25,29). The predicted molar refractivity (Wildman–Crippen MR) is 120 cm³/mol. The fourth-order valence-corrected chi connectivity index (χ4v) is 4.27. The van der Waals surface area contributed by atoms with Crippen LogP contribution in [0.15, 0.2) is 48.5 Å². The Kier molecular flexibility index (Phi) is 6.94. The van der Waals surface area contributed by atoms with E-state index in [1.54, 1.807) is 7.11 Å². The number of carbonyl (C=O) groups excluding carboxylic acids is 1. The van der Waals surface area contributed by atoms with E-state index in [0.717, 1.165) is 31.7 Å². The SMILES string of the molecule is COc1ccc(C2CNC(=O)C2)cc1OCC(O)CN1CCN(c2ccccc2)CC1. The fourth-order valence-electron chi connectivity index (χ4n) is 4.27. The van der Waals surface area contributed by atoms with E-state index in [1.807, 2.05) is 24.3 Å². The van der Waals surface area contributed by atoms with Crippen LogP contribution in [-0.2, 0) is 4.79 Å². The summed E-state index contributed by atoms with van der Waals surface area (Å²) in [6.07, 6.45) is -0.102. The first-order valence-corrected chi connectivity index (χ1v) is 10.9. The lowest BCUT2D eigenvalue weighted by Gasteiger charge is -2.36. The highest BCUT2D eigenvalue weighted by molar-refractivity contribution is 5.79. The molecule has 0 aliphatic carbocycles. The van der Waals surface area contributed by atoms with Gasteiger partial charge in [-0.3, -0.25) is 9.69 Å². The van der Waals surface area contributed by atoms with Gasteiger partial charge in [0.15, 0.2) is 11.5 Å². The van der Waals surface area contributed by atoms with Gasteiger partial charge in [-0.15, -0.1) is 0 Å². The van der Waals surface area contributed by atoms with Crippen molar-refractivity contribution in [3.05, 3.63) is 54.1 Å². The van der Waals surface area contributed by atoms with Gasteiger partial charge in [0.2, 0.25) is 5.91 Å². The van der Waals surface area contributed by atoms with Gasteiger partial charge in [0.25, 0.3) is 0 Å². The molecule has 2 heterocycles. The van der Waals surface area contributed by atoms with Crippen molar-refractivity contribution < 1.29 is 19.4 Å². The second kappa shape index (κ2) is 10.0. The minimum atomic E-state index is -0.591. The quantitative estimate of drug-likeness (QED) is 0.673. The summed E-state index contributed by atoms with van der Waals surface area (Å²) in [5.41, 5.74) is 2.29. The van der Waals surface area contributed by atoms with Gasteiger partial charge in [-0.2, -0.15) is 0 Å². The maximum Gasteiger partial charge on any atom is 0.220 e. The number of carbonyl (C=O) groups is 1. The van der Waals surface area contributed by atoms with Gasteiger partial charge in [-0.25, -0.2) is 0 Å². The number of benzene rings is 2. The molecular weight excluding hydrogens is 394 g/mol. The third-order valence-electron chi connectivity index (χ3n) is 6.03. The van der Waals surface area contributed by atoms with Crippen molar-refractivity contribution in [3.8, 4) is 11.5 Å². The molecule has 2 aromatic rings. The zero-order chi connectivity index (χ0) is 21.6. The van der Waals surface area contributed by atoms with Gasteiger partial charge in [-0.05, 0) is 29.8 Å². The smallest absolute Gasteiger partial charge is 0.220 e. The van der Waals surface area contributed by atoms with Crippen LogP contribution < -0.4 is 19.7 Å². The predicted octanol–water partition coefficient (Wildman–Crippen LogP) is 1.86. The highest BCUT2D eigenvalue weighted by atomic mass is 16.5. The first-order valence-electron chi connectivity index (χ1n) is 10.9. The normalized spacial score (nSPS) is 20.4. The van der Waals surface area contributed by atoms with Crippen LogP contribution in [0.3, 0.4) is 0 Å². The third kappa shape index (κ3) is 5.48. The molecule has 2 fully saturated rings.